The number of nitrogens with zero attached hydrogens (tertiary/aromatic N) is 2. The Morgan fingerprint density at radius 2 is 1.83 bits per heavy atom. The maximum absolute atomic E-state index is 12.7. The van der Waals surface area contributed by atoms with Gasteiger partial charge in [0, 0.05) is 38.8 Å². The van der Waals surface area contributed by atoms with E-state index >= 15 is 0 Å². The normalized spacial score (nSPS) is 11.7. The van der Waals surface area contributed by atoms with Crippen molar-refractivity contribution < 1.29 is 13.2 Å². The highest BCUT2D eigenvalue weighted by molar-refractivity contribution is 7.89. The molecule has 0 aliphatic rings. The smallest absolute Gasteiger partial charge is 0.253 e. The van der Waals surface area contributed by atoms with Crippen LogP contribution in [0.1, 0.15) is 29.8 Å². The van der Waals surface area contributed by atoms with E-state index in [1.54, 1.807) is 44.9 Å². The number of carbonyl (C=O) groups excluding carboxylic acids is 1. The van der Waals surface area contributed by atoms with Crippen molar-refractivity contribution >= 4 is 15.9 Å². The van der Waals surface area contributed by atoms with Gasteiger partial charge in [-0.05, 0) is 31.7 Å². The first kappa shape index (κ1) is 19.6. The van der Waals surface area contributed by atoms with E-state index in [2.05, 4.69) is 5.32 Å². The van der Waals surface area contributed by atoms with E-state index in [0.717, 1.165) is 0 Å². The minimum Gasteiger partial charge on any atom is -0.340 e. The molecule has 7 heteroatoms. The molecule has 23 heavy (non-hydrogen) atoms. The van der Waals surface area contributed by atoms with E-state index in [1.807, 2.05) is 7.05 Å². The number of benzene rings is 1. The van der Waals surface area contributed by atoms with E-state index in [1.165, 1.54) is 10.4 Å². The SMILES string of the molecule is CCN(CC)S(=O)(=O)c1cc(C(=O)N(C)CCNC)ccc1C. The van der Waals surface area contributed by atoms with Gasteiger partial charge in [0.1, 0.15) is 0 Å². The number of rotatable bonds is 8. The van der Waals surface area contributed by atoms with Crippen molar-refractivity contribution in [2.75, 3.05) is 40.3 Å². The minimum absolute atomic E-state index is 0.184. The van der Waals surface area contributed by atoms with Crippen molar-refractivity contribution in [2.45, 2.75) is 25.7 Å². The molecular weight excluding hydrogens is 314 g/mol. The highest BCUT2D eigenvalue weighted by atomic mass is 32.2. The van der Waals surface area contributed by atoms with Gasteiger partial charge in [-0.3, -0.25) is 4.79 Å². The molecule has 0 spiro atoms. The molecule has 0 radical (unpaired) electrons. The van der Waals surface area contributed by atoms with Crippen LogP contribution in [0, 0.1) is 6.92 Å². The fraction of sp³-hybridized carbons (Fsp3) is 0.562. The third-order valence-corrected chi connectivity index (χ3v) is 5.99. The number of amides is 1. The molecule has 0 unspecified atom stereocenters. The second-order valence-electron chi connectivity index (χ2n) is 5.40. The van der Waals surface area contributed by atoms with Gasteiger partial charge in [-0.25, -0.2) is 8.42 Å². The Morgan fingerprint density at radius 1 is 1.22 bits per heavy atom. The number of aryl methyl sites for hydroxylation is 1. The molecule has 6 nitrogen and oxygen atoms in total. The van der Waals surface area contributed by atoms with Gasteiger partial charge in [-0.15, -0.1) is 0 Å². The fourth-order valence-electron chi connectivity index (χ4n) is 2.32. The molecule has 130 valence electrons. The average Bonchev–Trinajstić information content (AvgIpc) is 2.53. The highest BCUT2D eigenvalue weighted by Crippen LogP contribution is 2.22. The zero-order valence-corrected chi connectivity index (χ0v) is 15.4. The number of hydrogen-bond acceptors (Lipinski definition) is 4. The first-order valence-electron chi connectivity index (χ1n) is 7.80. The zero-order valence-electron chi connectivity index (χ0n) is 14.6. The topological polar surface area (TPSA) is 69.7 Å². The maximum Gasteiger partial charge on any atom is 0.253 e. The van der Waals surface area contributed by atoms with E-state index in [-0.39, 0.29) is 10.8 Å². The van der Waals surface area contributed by atoms with E-state index in [9.17, 15) is 13.2 Å². The Hall–Kier alpha value is -1.44. The Morgan fingerprint density at radius 3 is 2.35 bits per heavy atom. The zero-order chi connectivity index (χ0) is 17.6. The molecule has 1 aromatic rings. The van der Waals surface area contributed by atoms with Gasteiger partial charge in [-0.2, -0.15) is 4.31 Å². The third kappa shape index (κ3) is 4.53. The van der Waals surface area contributed by atoms with Crippen molar-refractivity contribution in [3.05, 3.63) is 29.3 Å². The summed E-state index contributed by atoms with van der Waals surface area (Å²) in [5.41, 5.74) is 1.03. The lowest BCUT2D eigenvalue weighted by atomic mass is 10.1. The standard InChI is InChI=1S/C16H27N3O3S/c1-6-19(7-2)23(21,22)15-12-14(9-8-13(15)3)16(20)18(5)11-10-17-4/h8-9,12,17H,6-7,10-11H2,1-5H3. The minimum atomic E-state index is -3.58. The van der Waals surface area contributed by atoms with Crippen molar-refractivity contribution in [1.29, 1.82) is 0 Å². The van der Waals surface area contributed by atoms with Crippen LogP contribution in [-0.2, 0) is 10.0 Å². The van der Waals surface area contributed by atoms with Crippen LogP contribution in [0.25, 0.3) is 0 Å². The third-order valence-electron chi connectivity index (χ3n) is 3.80. The number of hydrogen-bond donors (Lipinski definition) is 1. The lowest BCUT2D eigenvalue weighted by Gasteiger charge is -2.21. The largest absolute Gasteiger partial charge is 0.340 e. The number of likely N-dealkylation sites (N-methyl/N-ethyl adjacent to an activating group) is 2. The molecule has 0 aliphatic heterocycles. The van der Waals surface area contributed by atoms with Crippen LogP contribution in [-0.4, -0.2) is 63.8 Å². The predicted octanol–water partition coefficient (Wildman–Crippen LogP) is 1.32. The summed E-state index contributed by atoms with van der Waals surface area (Å²) in [6.45, 7) is 7.39. The summed E-state index contributed by atoms with van der Waals surface area (Å²) < 4.78 is 26.8. The average molecular weight is 341 g/mol. The van der Waals surface area contributed by atoms with Crippen LogP contribution in [0.3, 0.4) is 0 Å². The second-order valence-corrected chi connectivity index (χ2v) is 7.31. The molecule has 1 N–H and O–H groups in total. The first-order chi connectivity index (χ1) is 10.8. The summed E-state index contributed by atoms with van der Waals surface area (Å²) in [4.78, 5) is 14.2. The predicted molar refractivity (Wildman–Crippen MR) is 92.2 cm³/mol. The first-order valence-corrected chi connectivity index (χ1v) is 9.24. The molecule has 0 atom stereocenters. The molecule has 1 aromatic carbocycles. The molecular formula is C16H27N3O3S. The Balaban J connectivity index is 3.21. The van der Waals surface area contributed by atoms with Crippen LogP contribution in [0.4, 0.5) is 0 Å². The Labute approximate surface area is 139 Å². The summed E-state index contributed by atoms with van der Waals surface area (Å²) >= 11 is 0. The molecule has 1 rings (SSSR count). The summed E-state index contributed by atoms with van der Waals surface area (Å²) in [6, 6.07) is 4.85. The van der Waals surface area contributed by atoms with Crippen LogP contribution < -0.4 is 5.32 Å². The van der Waals surface area contributed by atoms with E-state index in [0.29, 0.717) is 37.3 Å². The van der Waals surface area contributed by atoms with Crippen LogP contribution in [0.2, 0.25) is 0 Å². The van der Waals surface area contributed by atoms with Crippen molar-refractivity contribution in [2.24, 2.45) is 0 Å². The molecule has 0 saturated carbocycles. The monoisotopic (exact) mass is 341 g/mol. The van der Waals surface area contributed by atoms with Gasteiger partial charge in [0.05, 0.1) is 4.90 Å². The van der Waals surface area contributed by atoms with E-state index in [4.69, 9.17) is 0 Å². The Bertz CT molecular complexity index is 640. The van der Waals surface area contributed by atoms with Crippen molar-refractivity contribution in [1.82, 2.24) is 14.5 Å². The molecule has 0 fully saturated rings. The number of nitrogens with one attached hydrogen (secondary N) is 1. The van der Waals surface area contributed by atoms with Gasteiger partial charge >= 0.3 is 0 Å². The quantitative estimate of drug-likeness (QED) is 0.774. The van der Waals surface area contributed by atoms with Gasteiger partial charge in [0.2, 0.25) is 10.0 Å². The molecule has 1 amide bonds. The molecule has 0 saturated heterocycles. The summed E-state index contributed by atoms with van der Waals surface area (Å²) in [7, 11) is -0.0554. The van der Waals surface area contributed by atoms with Gasteiger partial charge in [-0.1, -0.05) is 19.9 Å². The number of sulfonamides is 1. The summed E-state index contributed by atoms with van der Waals surface area (Å²) in [6.07, 6.45) is 0. The fourth-order valence-corrected chi connectivity index (χ4v) is 4.02. The van der Waals surface area contributed by atoms with Gasteiger partial charge < -0.3 is 10.2 Å². The van der Waals surface area contributed by atoms with Crippen LogP contribution in [0.5, 0.6) is 0 Å². The van der Waals surface area contributed by atoms with Crippen LogP contribution in [0.15, 0.2) is 23.1 Å². The van der Waals surface area contributed by atoms with Crippen molar-refractivity contribution in [3.8, 4) is 0 Å². The summed E-state index contributed by atoms with van der Waals surface area (Å²) in [5.74, 6) is -0.184. The second kappa shape index (κ2) is 8.42. The molecule has 0 aromatic heterocycles. The number of carbonyl (C=O) groups is 1. The van der Waals surface area contributed by atoms with Crippen LogP contribution >= 0.6 is 0 Å². The summed E-state index contributed by atoms with van der Waals surface area (Å²) in [5, 5.41) is 2.98. The lowest BCUT2D eigenvalue weighted by molar-refractivity contribution is 0.0796. The van der Waals surface area contributed by atoms with Gasteiger partial charge in [0.15, 0.2) is 0 Å². The Kier molecular flexibility index (Phi) is 7.18. The molecule has 0 bridgehead atoms. The molecule has 0 aliphatic carbocycles. The van der Waals surface area contributed by atoms with Crippen molar-refractivity contribution in [3.63, 3.8) is 0 Å². The molecule has 0 heterocycles. The lowest BCUT2D eigenvalue weighted by Crippen LogP contribution is -2.33. The maximum atomic E-state index is 12.7. The highest BCUT2D eigenvalue weighted by Gasteiger charge is 2.25. The van der Waals surface area contributed by atoms with E-state index < -0.39 is 10.0 Å². The van der Waals surface area contributed by atoms with Gasteiger partial charge in [0.25, 0.3) is 5.91 Å².